The lowest BCUT2D eigenvalue weighted by molar-refractivity contribution is -0.119. The lowest BCUT2D eigenvalue weighted by atomic mass is 10.2. The molecule has 0 aliphatic heterocycles. The van der Waals surface area contributed by atoms with Crippen LogP contribution in [0.5, 0.6) is 0 Å². The summed E-state index contributed by atoms with van der Waals surface area (Å²) >= 11 is 1.51. The molecule has 0 aliphatic carbocycles. The molecule has 0 aliphatic rings. The first-order valence-electron chi connectivity index (χ1n) is 3.61. The minimum absolute atomic E-state index is 0.207. The van der Waals surface area contributed by atoms with Gasteiger partial charge in [-0.05, 0) is 22.4 Å². The molecule has 1 rings (SSSR count). The minimum Gasteiger partial charge on any atom is -0.453 e. The molecule has 2 amide bonds. The van der Waals surface area contributed by atoms with Gasteiger partial charge in [-0.15, -0.1) is 0 Å². The zero-order valence-electron chi connectivity index (χ0n) is 7.07. The number of amides is 2. The molecule has 0 aromatic carbocycles. The lowest BCUT2D eigenvalue weighted by Gasteiger charge is -2.00. The summed E-state index contributed by atoms with van der Waals surface area (Å²) in [6.45, 7) is 0. The highest BCUT2D eigenvalue weighted by atomic mass is 32.1. The summed E-state index contributed by atoms with van der Waals surface area (Å²) in [5, 5.41) is 5.81. The van der Waals surface area contributed by atoms with E-state index in [1.165, 1.54) is 18.4 Å². The fourth-order valence-electron chi connectivity index (χ4n) is 0.788. The van der Waals surface area contributed by atoms with Crippen molar-refractivity contribution >= 4 is 23.3 Å². The first-order chi connectivity index (χ1) is 6.22. The molecule has 4 nitrogen and oxygen atoms in total. The van der Waals surface area contributed by atoms with Crippen LogP contribution in [0, 0.1) is 0 Å². The lowest BCUT2D eigenvalue weighted by Crippen LogP contribution is -2.31. The van der Waals surface area contributed by atoms with E-state index in [1.807, 2.05) is 16.8 Å². The van der Waals surface area contributed by atoms with E-state index in [2.05, 4.69) is 10.1 Å². The van der Waals surface area contributed by atoms with Crippen molar-refractivity contribution in [2.75, 3.05) is 7.11 Å². The summed E-state index contributed by atoms with van der Waals surface area (Å²) in [7, 11) is 1.22. The van der Waals surface area contributed by atoms with E-state index in [0.29, 0.717) is 0 Å². The number of alkyl carbamates (subject to hydrolysis) is 1. The quantitative estimate of drug-likeness (QED) is 0.778. The summed E-state index contributed by atoms with van der Waals surface area (Å²) in [5.74, 6) is -0.356. The van der Waals surface area contributed by atoms with Crippen LogP contribution in [0.1, 0.15) is 5.56 Å². The van der Waals surface area contributed by atoms with E-state index >= 15 is 0 Å². The average molecular weight is 199 g/mol. The van der Waals surface area contributed by atoms with Crippen molar-refractivity contribution in [1.29, 1.82) is 0 Å². The number of methoxy groups -OCH3 is 1. The van der Waals surface area contributed by atoms with E-state index in [9.17, 15) is 9.59 Å². The summed E-state index contributed by atoms with van der Waals surface area (Å²) in [4.78, 5) is 21.7. The molecule has 70 valence electrons. The van der Waals surface area contributed by atoms with Crippen molar-refractivity contribution in [2.24, 2.45) is 0 Å². The maximum Gasteiger partial charge on any atom is 0.413 e. The van der Waals surface area contributed by atoms with Gasteiger partial charge in [-0.3, -0.25) is 10.1 Å². The number of hydrogen-bond acceptors (Lipinski definition) is 4. The number of carbonyl (C=O) groups is 2. The molecule has 1 aromatic rings. The molecule has 0 spiro atoms. The van der Waals surface area contributed by atoms with Crippen molar-refractivity contribution < 1.29 is 14.3 Å². The molecular weight excluding hydrogens is 190 g/mol. The van der Waals surface area contributed by atoms with E-state index < -0.39 is 6.09 Å². The Kier molecular flexibility index (Phi) is 3.45. The number of nitrogens with one attached hydrogen (secondary N) is 1. The van der Waals surface area contributed by atoms with Gasteiger partial charge in [0, 0.05) is 0 Å². The van der Waals surface area contributed by atoms with Crippen LogP contribution in [0.4, 0.5) is 4.79 Å². The zero-order valence-corrected chi connectivity index (χ0v) is 7.89. The first-order valence-corrected chi connectivity index (χ1v) is 4.55. The largest absolute Gasteiger partial charge is 0.453 e. The second-order valence-electron chi connectivity index (χ2n) is 2.35. The molecule has 0 unspecified atom stereocenters. The number of ether oxygens (including phenoxy) is 1. The van der Waals surface area contributed by atoms with Crippen LogP contribution in [0.3, 0.4) is 0 Å². The molecule has 5 heteroatoms. The molecule has 1 aromatic heterocycles. The van der Waals surface area contributed by atoms with Crippen LogP contribution >= 0.6 is 11.3 Å². The van der Waals surface area contributed by atoms with Gasteiger partial charge in [-0.25, -0.2) is 4.79 Å². The highest BCUT2D eigenvalue weighted by Gasteiger charge is 2.07. The highest BCUT2D eigenvalue weighted by Crippen LogP contribution is 2.06. The topological polar surface area (TPSA) is 55.4 Å². The smallest absolute Gasteiger partial charge is 0.413 e. The first kappa shape index (κ1) is 9.73. The zero-order chi connectivity index (χ0) is 9.68. The molecule has 1 heterocycles. The number of rotatable bonds is 2. The Morgan fingerprint density at radius 2 is 2.38 bits per heavy atom. The van der Waals surface area contributed by atoms with Crippen molar-refractivity contribution in [1.82, 2.24) is 5.32 Å². The molecule has 0 atom stereocenters. The third kappa shape index (κ3) is 3.25. The Morgan fingerprint density at radius 3 is 2.92 bits per heavy atom. The van der Waals surface area contributed by atoms with Gasteiger partial charge >= 0.3 is 6.09 Å². The second-order valence-corrected chi connectivity index (χ2v) is 3.13. The third-order valence-corrected chi connectivity index (χ3v) is 2.10. The summed E-state index contributed by atoms with van der Waals surface area (Å²) in [6, 6.07) is 1.83. The van der Waals surface area contributed by atoms with E-state index in [-0.39, 0.29) is 12.3 Å². The standard InChI is InChI=1S/C8H9NO3S/c1-12-8(11)9-7(10)4-6-2-3-13-5-6/h2-3,5H,4H2,1H3,(H,9,10,11). The molecule has 1 N–H and O–H groups in total. The Labute approximate surface area is 79.5 Å². The molecule has 0 saturated carbocycles. The van der Waals surface area contributed by atoms with Crippen molar-refractivity contribution in [3.63, 3.8) is 0 Å². The van der Waals surface area contributed by atoms with Gasteiger partial charge in [0.15, 0.2) is 0 Å². The molecular formula is C8H9NO3S. The second kappa shape index (κ2) is 4.61. The van der Waals surface area contributed by atoms with Gasteiger partial charge in [0.1, 0.15) is 0 Å². The van der Waals surface area contributed by atoms with Gasteiger partial charge in [-0.2, -0.15) is 11.3 Å². The normalized spacial score (nSPS) is 9.31. The highest BCUT2D eigenvalue weighted by molar-refractivity contribution is 7.07. The molecule has 0 fully saturated rings. The molecule has 0 saturated heterocycles. The summed E-state index contributed by atoms with van der Waals surface area (Å²) < 4.78 is 4.27. The van der Waals surface area contributed by atoms with Crippen molar-refractivity contribution in [3.05, 3.63) is 22.4 Å². The van der Waals surface area contributed by atoms with Crippen LogP contribution in [0.25, 0.3) is 0 Å². The Balaban J connectivity index is 2.38. The fourth-order valence-corrected chi connectivity index (χ4v) is 1.46. The van der Waals surface area contributed by atoms with Crippen LogP contribution in [0.2, 0.25) is 0 Å². The number of hydrogen-bond donors (Lipinski definition) is 1. The molecule has 0 bridgehead atoms. The van der Waals surface area contributed by atoms with Gasteiger partial charge in [0.25, 0.3) is 0 Å². The predicted molar refractivity (Wildman–Crippen MR) is 48.6 cm³/mol. The molecule has 0 radical (unpaired) electrons. The fraction of sp³-hybridized carbons (Fsp3) is 0.250. The van der Waals surface area contributed by atoms with Crippen LogP contribution in [0.15, 0.2) is 16.8 Å². The van der Waals surface area contributed by atoms with Crippen LogP contribution in [-0.2, 0) is 16.0 Å². The van der Waals surface area contributed by atoms with Gasteiger partial charge < -0.3 is 4.74 Å². The minimum atomic E-state index is -0.722. The van der Waals surface area contributed by atoms with Crippen LogP contribution in [-0.4, -0.2) is 19.1 Å². The maximum atomic E-state index is 11.1. The summed E-state index contributed by atoms with van der Waals surface area (Å²) in [6.07, 6.45) is -0.515. The SMILES string of the molecule is COC(=O)NC(=O)Cc1ccsc1. The summed E-state index contributed by atoms with van der Waals surface area (Å²) in [5.41, 5.74) is 0.895. The van der Waals surface area contributed by atoms with E-state index in [0.717, 1.165) is 5.56 Å². The third-order valence-electron chi connectivity index (χ3n) is 1.37. The van der Waals surface area contributed by atoms with E-state index in [1.54, 1.807) is 0 Å². The van der Waals surface area contributed by atoms with Crippen molar-refractivity contribution in [3.8, 4) is 0 Å². The number of thiophene rings is 1. The number of imide groups is 1. The van der Waals surface area contributed by atoms with Gasteiger partial charge in [0.05, 0.1) is 13.5 Å². The van der Waals surface area contributed by atoms with Gasteiger partial charge in [-0.1, -0.05) is 0 Å². The Hall–Kier alpha value is -1.36. The Morgan fingerprint density at radius 1 is 1.62 bits per heavy atom. The predicted octanol–water partition coefficient (Wildman–Crippen LogP) is 1.17. The van der Waals surface area contributed by atoms with Crippen LogP contribution < -0.4 is 5.32 Å². The van der Waals surface area contributed by atoms with Crippen molar-refractivity contribution in [2.45, 2.75) is 6.42 Å². The monoisotopic (exact) mass is 199 g/mol. The average Bonchev–Trinajstić information content (AvgIpc) is 2.56. The van der Waals surface area contributed by atoms with E-state index in [4.69, 9.17) is 0 Å². The number of carbonyl (C=O) groups excluding carboxylic acids is 2. The van der Waals surface area contributed by atoms with Gasteiger partial charge in [0.2, 0.25) is 5.91 Å². The Bertz CT molecular complexity index is 294. The molecule has 13 heavy (non-hydrogen) atoms. The maximum absolute atomic E-state index is 11.1.